The van der Waals surface area contributed by atoms with Crippen LogP contribution >= 0.6 is 0 Å². The molecule has 1 aliphatic heterocycles. The Hall–Kier alpha value is -3.35. The molecule has 0 saturated carbocycles. The van der Waals surface area contributed by atoms with Gasteiger partial charge in [-0.05, 0) is 30.3 Å². The van der Waals surface area contributed by atoms with Crippen LogP contribution in [-0.4, -0.2) is 50.2 Å². The minimum Gasteiger partial charge on any atom is -0.496 e. The molecule has 0 bridgehead atoms. The molecule has 1 aliphatic rings. The molecule has 1 heterocycles. The maximum Gasteiger partial charge on any atom is 0.339 e. The molecule has 0 unspecified atom stereocenters. The van der Waals surface area contributed by atoms with Crippen LogP contribution in [0.1, 0.15) is 32.7 Å². The zero-order valence-electron chi connectivity index (χ0n) is 15.1. The second-order valence-corrected chi connectivity index (χ2v) is 5.99. The van der Waals surface area contributed by atoms with Crippen molar-refractivity contribution in [1.82, 2.24) is 0 Å². The van der Waals surface area contributed by atoms with E-state index in [2.05, 4.69) is 4.99 Å². The Morgan fingerprint density at radius 1 is 1.22 bits per heavy atom. The molecule has 0 aromatic heterocycles. The van der Waals surface area contributed by atoms with Gasteiger partial charge in [0.2, 0.25) is 5.90 Å². The monoisotopic (exact) mass is 368 g/mol. The molecule has 0 fully saturated rings. The predicted molar refractivity (Wildman–Crippen MR) is 101 cm³/mol. The Morgan fingerprint density at radius 3 is 2.67 bits per heavy atom. The van der Waals surface area contributed by atoms with Crippen molar-refractivity contribution < 1.29 is 24.2 Å². The van der Waals surface area contributed by atoms with Crippen LogP contribution in [0.4, 0.5) is 5.69 Å². The highest BCUT2D eigenvalue weighted by Crippen LogP contribution is 2.26. The van der Waals surface area contributed by atoms with E-state index >= 15 is 0 Å². The van der Waals surface area contributed by atoms with Crippen LogP contribution in [0.25, 0.3) is 0 Å². The summed E-state index contributed by atoms with van der Waals surface area (Å²) < 4.78 is 10.8. The molecule has 0 aliphatic carbocycles. The van der Waals surface area contributed by atoms with Gasteiger partial charge < -0.3 is 19.5 Å². The van der Waals surface area contributed by atoms with Crippen LogP contribution < -0.4 is 9.64 Å². The quantitative estimate of drug-likeness (QED) is 0.877. The van der Waals surface area contributed by atoms with Crippen molar-refractivity contribution in [1.29, 1.82) is 0 Å². The van der Waals surface area contributed by atoms with E-state index in [9.17, 15) is 14.7 Å². The third-order valence-corrected chi connectivity index (χ3v) is 4.28. The van der Waals surface area contributed by atoms with E-state index in [0.717, 1.165) is 12.0 Å². The number of carbonyl (C=O) groups excluding carboxylic acids is 1. The Balaban J connectivity index is 1.95. The van der Waals surface area contributed by atoms with Crippen LogP contribution in [-0.2, 0) is 4.74 Å². The van der Waals surface area contributed by atoms with E-state index in [1.54, 1.807) is 7.05 Å². The van der Waals surface area contributed by atoms with Gasteiger partial charge in [-0.15, -0.1) is 0 Å². The number of ether oxygens (including phenoxy) is 2. The van der Waals surface area contributed by atoms with Gasteiger partial charge in [-0.25, -0.2) is 4.79 Å². The summed E-state index contributed by atoms with van der Waals surface area (Å²) in [6, 6.07) is 11.6. The van der Waals surface area contributed by atoms with Crippen molar-refractivity contribution in [3.63, 3.8) is 0 Å². The standard InChI is InChI=1S/C20H20N2O5/c1-22(16-7-4-3-6-14(16)18-21-10-5-11-27-18)19(23)13-8-9-15(20(24)25)17(12-13)26-2/h3-4,6-9,12H,5,10-11H2,1-2H3,(H,24,25). The van der Waals surface area contributed by atoms with Gasteiger partial charge in [0.1, 0.15) is 11.3 Å². The van der Waals surface area contributed by atoms with Gasteiger partial charge in [-0.2, -0.15) is 0 Å². The third kappa shape index (κ3) is 3.76. The molecule has 0 saturated heterocycles. The van der Waals surface area contributed by atoms with Crippen LogP contribution in [0.15, 0.2) is 47.5 Å². The van der Waals surface area contributed by atoms with Crippen LogP contribution in [0.2, 0.25) is 0 Å². The fourth-order valence-electron chi connectivity index (χ4n) is 2.87. The highest BCUT2D eigenvalue weighted by atomic mass is 16.5. The molecule has 0 radical (unpaired) electrons. The zero-order valence-corrected chi connectivity index (χ0v) is 15.1. The number of aliphatic imine (C=N–C) groups is 1. The lowest BCUT2D eigenvalue weighted by atomic mass is 10.1. The molecule has 2 aromatic rings. The average Bonchev–Trinajstić information content (AvgIpc) is 2.72. The number of aromatic carboxylic acids is 1. The number of nitrogens with zero attached hydrogens (tertiary/aromatic N) is 2. The van der Waals surface area contributed by atoms with Crippen LogP contribution in [0.3, 0.4) is 0 Å². The summed E-state index contributed by atoms with van der Waals surface area (Å²) in [6.45, 7) is 1.29. The van der Waals surface area contributed by atoms with Crippen molar-refractivity contribution in [3.8, 4) is 5.75 Å². The van der Waals surface area contributed by atoms with Crippen LogP contribution in [0, 0.1) is 0 Å². The van der Waals surface area contributed by atoms with Crippen molar-refractivity contribution in [2.45, 2.75) is 6.42 Å². The molecule has 0 atom stereocenters. The summed E-state index contributed by atoms with van der Waals surface area (Å²) in [5.41, 5.74) is 1.72. The van der Waals surface area contributed by atoms with Gasteiger partial charge in [0, 0.05) is 25.6 Å². The predicted octanol–water partition coefficient (Wildman–Crippen LogP) is 2.84. The minimum absolute atomic E-state index is 0.00191. The normalized spacial score (nSPS) is 13.3. The highest BCUT2D eigenvalue weighted by Gasteiger charge is 2.22. The third-order valence-electron chi connectivity index (χ3n) is 4.28. The van der Waals surface area contributed by atoms with E-state index < -0.39 is 5.97 Å². The number of benzene rings is 2. The van der Waals surface area contributed by atoms with Gasteiger partial charge in [0.15, 0.2) is 0 Å². The van der Waals surface area contributed by atoms with E-state index in [1.807, 2.05) is 24.3 Å². The minimum atomic E-state index is -1.11. The van der Waals surface area contributed by atoms with Crippen LogP contribution in [0.5, 0.6) is 5.75 Å². The van der Waals surface area contributed by atoms with Crippen molar-refractivity contribution in [2.75, 3.05) is 32.2 Å². The van der Waals surface area contributed by atoms with Crippen molar-refractivity contribution in [2.24, 2.45) is 4.99 Å². The van der Waals surface area contributed by atoms with E-state index in [1.165, 1.54) is 30.2 Å². The molecule has 1 amide bonds. The number of amides is 1. The fourth-order valence-corrected chi connectivity index (χ4v) is 2.87. The fraction of sp³-hybridized carbons (Fsp3) is 0.250. The molecule has 1 N–H and O–H groups in total. The van der Waals surface area contributed by atoms with Gasteiger partial charge in [-0.1, -0.05) is 12.1 Å². The number of anilines is 1. The summed E-state index contributed by atoms with van der Waals surface area (Å²) >= 11 is 0. The number of hydrogen-bond acceptors (Lipinski definition) is 5. The molecular formula is C20H20N2O5. The maximum absolute atomic E-state index is 13.0. The average molecular weight is 368 g/mol. The number of carboxylic acid groups (broad SMARTS) is 1. The van der Waals surface area contributed by atoms with Gasteiger partial charge in [0.25, 0.3) is 5.91 Å². The largest absolute Gasteiger partial charge is 0.496 e. The SMILES string of the molecule is COc1cc(C(=O)N(C)c2ccccc2C2=NCCCO2)ccc1C(=O)O. The molecule has 140 valence electrons. The molecule has 0 spiro atoms. The van der Waals surface area contributed by atoms with Crippen molar-refractivity contribution in [3.05, 3.63) is 59.2 Å². The summed E-state index contributed by atoms with van der Waals surface area (Å²) in [6.07, 6.45) is 0.871. The van der Waals surface area contributed by atoms with Gasteiger partial charge in [0.05, 0.1) is 25.0 Å². The first-order chi connectivity index (χ1) is 13.0. The number of carbonyl (C=O) groups is 2. The lowest BCUT2D eigenvalue weighted by molar-refractivity contribution is 0.0692. The molecular weight excluding hydrogens is 348 g/mol. The number of methoxy groups -OCH3 is 1. The summed E-state index contributed by atoms with van der Waals surface area (Å²) in [7, 11) is 3.02. The number of para-hydroxylation sites is 1. The summed E-state index contributed by atoms with van der Waals surface area (Å²) in [5.74, 6) is -0.753. The molecule has 2 aromatic carbocycles. The topological polar surface area (TPSA) is 88.4 Å². The molecule has 3 rings (SSSR count). The highest BCUT2D eigenvalue weighted by molar-refractivity contribution is 6.10. The van der Waals surface area contributed by atoms with Crippen molar-refractivity contribution >= 4 is 23.5 Å². The maximum atomic E-state index is 13.0. The first kappa shape index (κ1) is 18.4. The summed E-state index contributed by atoms with van der Waals surface area (Å²) in [5, 5.41) is 9.19. The Bertz CT molecular complexity index is 907. The zero-order chi connectivity index (χ0) is 19.4. The lowest BCUT2D eigenvalue weighted by Gasteiger charge is -2.23. The number of hydrogen-bond donors (Lipinski definition) is 1. The van der Waals surface area contributed by atoms with E-state index in [0.29, 0.717) is 30.3 Å². The molecule has 7 nitrogen and oxygen atoms in total. The smallest absolute Gasteiger partial charge is 0.339 e. The molecule has 27 heavy (non-hydrogen) atoms. The first-order valence-corrected chi connectivity index (χ1v) is 8.49. The number of carboxylic acids is 1. The molecule has 7 heteroatoms. The number of rotatable bonds is 5. The Kier molecular flexibility index (Phi) is 5.40. The Labute approximate surface area is 156 Å². The lowest BCUT2D eigenvalue weighted by Crippen LogP contribution is -2.29. The second-order valence-electron chi connectivity index (χ2n) is 5.99. The van der Waals surface area contributed by atoms with E-state index in [-0.39, 0.29) is 17.2 Å². The summed E-state index contributed by atoms with van der Waals surface area (Å²) in [4.78, 5) is 30.1. The van der Waals surface area contributed by atoms with Gasteiger partial charge >= 0.3 is 5.97 Å². The van der Waals surface area contributed by atoms with E-state index in [4.69, 9.17) is 9.47 Å². The van der Waals surface area contributed by atoms with Gasteiger partial charge in [-0.3, -0.25) is 9.79 Å². The Morgan fingerprint density at radius 2 is 2.00 bits per heavy atom. The first-order valence-electron chi connectivity index (χ1n) is 8.49. The second kappa shape index (κ2) is 7.90.